The van der Waals surface area contributed by atoms with Gasteiger partial charge in [-0.25, -0.2) is 9.59 Å². The van der Waals surface area contributed by atoms with Crippen LogP contribution < -0.4 is 10.6 Å². The van der Waals surface area contributed by atoms with E-state index in [9.17, 15) is 9.59 Å². The van der Waals surface area contributed by atoms with Crippen LogP contribution in [0.4, 0.5) is 4.79 Å². The van der Waals surface area contributed by atoms with Crippen LogP contribution in [0.25, 0.3) is 0 Å². The molecule has 8 heteroatoms. The van der Waals surface area contributed by atoms with Crippen LogP contribution in [0.1, 0.15) is 6.42 Å². The molecule has 0 spiro atoms. The van der Waals surface area contributed by atoms with Crippen molar-refractivity contribution in [1.29, 1.82) is 0 Å². The number of ether oxygens (including phenoxy) is 1. The summed E-state index contributed by atoms with van der Waals surface area (Å²) in [6.45, 7) is 4.58. The molecule has 110 valence electrons. The van der Waals surface area contributed by atoms with Gasteiger partial charge < -0.3 is 25.6 Å². The van der Waals surface area contributed by atoms with Gasteiger partial charge in [0.25, 0.3) is 0 Å². The number of hydrogen-bond acceptors (Lipinski definition) is 5. The number of morpholine rings is 1. The predicted molar refractivity (Wildman–Crippen MR) is 66.9 cm³/mol. The largest absolute Gasteiger partial charge is 0.479 e. The van der Waals surface area contributed by atoms with Crippen LogP contribution in [0.3, 0.4) is 0 Å². The number of carbonyl (C=O) groups is 2. The Morgan fingerprint density at radius 3 is 2.47 bits per heavy atom. The molecular weight excluding hydrogens is 254 g/mol. The van der Waals surface area contributed by atoms with Gasteiger partial charge in [-0.05, 0) is 0 Å². The number of nitrogens with one attached hydrogen (secondary N) is 2. The number of hydrogen-bond donors (Lipinski definition) is 4. The monoisotopic (exact) mass is 275 g/mol. The fourth-order valence-corrected chi connectivity index (χ4v) is 1.66. The maximum atomic E-state index is 11.3. The summed E-state index contributed by atoms with van der Waals surface area (Å²) in [5.74, 6) is -1.28. The lowest BCUT2D eigenvalue weighted by molar-refractivity contribution is -0.146. The lowest BCUT2D eigenvalue weighted by Gasteiger charge is -2.26. The molecule has 1 unspecified atom stereocenters. The summed E-state index contributed by atoms with van der Waals surface area (Å²) >= 11 is 0. The van der Waals surface area contributed by atoms with E-state index in [1.165, 1.54) is 0 Å². The third kappa shape index (κ3) is 6.94. The number of carbonyl (C=O) groups excluding carboxylic acids is 1. The first-order valence-electron chi connectivity index (χ1n) is 6.32. The molecule has 0 aromatic rings. The van der Waals surface area contributed by atoms with Crippen molar-refractivity contribution < 1.29 is 24.5 Å². The van der Waals surface area contributed by atoms with E-state index < -0.39 is 12.1 Å². The van der Waals surface area contributed by atoms with Gasteiger partial charge in [-0.3, -0.25) is 4.90 Å². The minimum absolute atomic E-state index is 0.00772. The van der Waals surface area contributed by atoms with Gasteiger partial charge in [-0.15, -0.1) is 0 Å². The number of nitrogens with zero attached hydrogens (tertiary/aromatic N) is 1. The Morgan fingerprint density at radius 1 is 1.21 bits per heavy atom. The molecule has 0 aromatic carbocycles. The van der Waals surface area contributed by atoms with Crippen molar-refractivity contribution in [1.82, 2.24) is 15.5 Å². The quantitative estimate of drug-likeness (QED) is 0.448. The fraction of sp³-hybridized carbons (Fsp3) is 0.818. The molecule has 19 heavy (non-hydrogen) atoms. The summed E-state index contributed by atoms with van der Waals surface area (Å²) in [6.07, 6.45) is -1.44. The van der Waals surface area contributed by atoms with Crippen molar-refractivity contribution in [2.75, 3.05) is 45.9 Å². The lowest BCUT2D eigenvalue weighted by atomic mass is 10.2. The number of rotatable bonds is 7. The normalized spacial score (nSPS) is 17.7. The van der Waals surface area contributed by atoms with E-state index in [2.05, 4.69) is 15.5 Å². The number of aliphatic hydroxyl groups excluding tert-OH is 1. The second-order valence-corrected chi connectivity index (χ2v) is 4.28. The average molecular weight is 275 g/mol. The zero-order valence-electron chi connectivity index (χ0n) is 10.8. The van der Waals surface area contributed by atoms with Crippen LogP contribution in [0.15, 0.2) is 0 Å². The minimum atomic E-state index is -1.44. The molecule has 1 atom stereocenters. The Bertz CT molecular complexity index is 294. The van der Waals surface area contributed by atoms with E-state index in [0.29, 0.717) is 6.54 Å². The number of urea groups is 1. The Kier molecular flexibility index (Phi) is 7.16. The number of carboxylic acid groups (broad SMARTS) is 1. The number of aliphatic hydroxyl groups is 1. The van der Waals surface area contributed by atoms with E-state index in [1.807, 2.05) is 0 Å². The molecule has 1 rings (SSSR count). The summed E-state index contributed by atoms with van der Waals surface area (Å²) in [5, 5.41) is 22.6. The van der Waals surface area contributed by atoms with E-state index >= 15 is 0 Å². The van der Waals surface area contributed by atoms with Crippen LogP contribution in [-0.4, -0.2) is 79.2 Å². The molecule has 1 fully saturated rings. The maximum absolute atomic E-state index is 11.3. The number of carboxylic acids is 1. The van der Waals surface area contributed by atoms with Gasteiger partial charge in [-0.1, -0.05) is 0 Å². The highest BCUT2D eigenvalue weighted by atomic mass is 16.5. The minimum Gasteiger partial charge on any atom is -0.479 e. The van der Waals surface area contributed by atoms with Crippen LogP contribution >= 0.6 is 0 Å². The Labute approximate surface area is 111 Å². The summed E-state index contributed by atoms with van der Waals surface area (Å²) in [5.41, 5.74) is 0. The second-order valence-electron chi connectivity index (χ2n) is 4.28. The molecular formula is C11H21N3O5. The van der Waals surface area contributed by atoms with Gasteiger partial charge in [-0.2, -0.15) is 0 Å². The predicted octanol–water partition coefficient (Wildman–Crippen LogP) is -1.55. The van der Waals surface area contributed by atoms with Gasteiger partial charge >= 0.3 is 12.0 Å². The van der Waals surface area contributed by atoms with Gasteiger partial charge in [0.05, 0.1) is 13.2 Å². The zero-order chi connectivity index (χ0) is 14.1. The smallest absolute Gasteiger partial charge is 0.332 e. The lowest BCUT2D eigenvalue weighted by Crippen LogP contribution is -2.44. The van der Waals surface area contributed by atoms with Gasteiger partial charge in [0.2, 0.25) is 0 Å². The first-order chi connectivity index (χ1) is 9.09. The van der Waals surface area contributed by atoms with Crippen molar-refractivity contribution in [3.63, 3.8) is 0 Å². The average Bonchev–Trinajstić information content (AvgIpc) is 2.39. The Morgan fingerprint density at radius 2 is 1.84 bits per heavy atom. The van der Waals surface area contributed by atoms with Gasteiger partial charge in [0.15, 0.2) is 6.10 Å². The summed E-state index contributed by atoms with van der Waals surface area (Å²) in [4.78, 5) is 23.9. The standard InChI is InChI=1S/C11H21N3O5/c15-9(10(16)17)1-2-12-11(18)13-3-4-14-5-7-19-8-6-14/h9,15H,1-8H2,(H,16,17)(H2,12,13,18). The van der Waals surface area contributed by atoms with Crippen molar-refractivity contribution in [3.8, 4) is 0 Å². The first-order valence-corrected chi connectivity index (χ1v) is 6.32. The van der Waals surface area contributed by atoms with Crippen molar-refractivity contribution in [2.24, 2.45) is 0 Å². The van der Waals surface area contributed by atoms with E-state index in [-0.39, 0.29) is 19.0 Å². The number of amides is 2. The third-order valence-electron chi connectivity index (χ3n) is 2.81. The van der Waals surface area contributed by atoms with Crippen LogP contribution in [0.2, 0.25) is 0 Å². The van der Waals surface area contributed by atoms with Crippen LogP contribution in [0.5, 0.6) is 0 Å². The summed E-state index contributed by atoms with van der Waals surface area (Å²) in [6, 6.07) is -0.356. The molecule has 0 bridgehead atoms. The Hall–Kier alpha value is -1.38. The second kappa shape index (κ2) is 8.68. The Balaban J connectivity index is 1.99. The maximum Gasteiger partial charge on any atom is 0.332 e. The summed E-state index contributed by atoms with van der Waals surface area (Å²) in [7, 11) is 0. The third-order valence-corrected chi connectivity index (χ3v) is 2.81. The van der Waals surface area contributed by atoms with Crippen LogP contribution in [-0.2, 0) is 9.53 Å². The molecule has 0 aliphatic carbocycles. The SMILES string of the molecule is O=C(NCCC(O)C(=O)O)NCCN1CCOCC1. The molecule has 0 saturated carbocycles. The fourth-order valence-electron chi connectivity index (χ4n) is 1.66. The molecule has 1 saturated heterocycles. The zero-order valence-corrected chi connectivity index (χ0v) is 10.8. The van der Waals surface area contributed by atoms with Gasteiger partial charge in [0, 0.05) is 39.1 Å². The molecule has 0 radical (unpaired) electrons. The summed E-state index contributed by atoms with van der Waals surface area (Å²) < 4.78 is 5.21. The highest BCUT2D eigenvalue weighted by Crippen LogP contribution is 1.94. The molecule has 1 aliphatic rings. The molecule has 0 aromatic heterocycles. The van der Waals surface area contributed by atoms with E-state index in [0.717, 1.165) is 32.8 Å². The molecule has 1 heterocycles. The highest BCUT2D eigenvalue weighted by molar-refractivity contribution is 5.74. The van der Waals surface area contributed by atoms with Crippen molar-refractivity contribution in [3.05, 3.63) is 0 Å². The van der Waals surface area contributed by atoms with E-state index in [4.69, 9.17) is 14.9 Å². The molecule has 2 amide bonds. The van der Waals surface area contributed by atoms with E-state index in [1.54, 1.807) is 0 Å². The van der Waals surface area contributed by atoms with Crippen molar-refractivity contribution in [2.45, 2.75) is 12.5 Å². The highest BCUT2D eigenvalue weighted by Gasteiger charge is 2.13. The van der Waals surface area contributed by atoms with Gasteiger partial charge in [0.1, 0.15) is 0 Å². The van der Waals surface area contributed by atoms with Crippen LogP contribution in [0, 0.1) is 0 Å². The topological polar surface area (TPSA) is 111 Å². The molecule has 1 aliphatic heterocycles. The number of aliphatic carboxylic acids is 1. The molecule has 4 N–H and O–H groups in total. The molecule has 8 nitrogen and oxygen atoms in total. The van der Waals surface area contributed by atoms with Crippen molar-refractivity contribution >= 4 is 12.0 Å². The first kappa shape index (κ1) is 15.7.